The van der Waals surface area contributed by atoms with Gasteiger partial charge in [-0.1, -0.05) is 35.3 Å². The van der Waals surface area contributed by atoms with Crippen LogP contribution in [0.3, 0.4) is 0 Å². The molecule has 3 rings (SSSR count). The molecule has 2 aromatic heterocycles. The molecule has 1 N–H and O–H groups in total. The Kier molecular flexibility index (Phi) is 3.01. The number of aromatic nitrogens is 2. The summed E-state index contributed by atoms with van der Waals surface area (Å²) in [4.78, 5) is 19.0. The number of hydrogen-bond acceptors (Lipinski definition) is 2. The number of nitrogens with one attached hydrogen (secondary N) is 1. The second kappa shape index (κ2) is 4.68. The zero-order valence-electron chi connectivity index (χ0n) is 9.65. The molecule has 0 fully saturated rings. The molecule has 19 heavy (non-hydrogen) atoms. The second-order valence-electron chi connectivity index (χ2n) is 4.07. The minimum absolute atomic E-state index is 0.204. The lowest BCUT2D eigenvalue weighted by atomic mass is 10.0. The third-order valence-electron chi connectivity index (χ3n) is 2.85. The van der Waals surface area contributed by atoms with E-state index in [1.54, 1.807) is 36.5 Å². The van der Waals surface area contributed by atoms with Gasteiger partial charge in [0.25, 0.3) is 5.56 Å². The van der Waals surface area contributed by atoms with Crippen LogP contribution in [0, 0.1) is 0 Å². The minimum Gasteiger partial charge on any atom is -0.328 e. The lowest BCUT2D eigenvalue weighted by molar-refractivity contribution is 1.25. The number of pyridine rings is 2. The van der Waals surface area contributed by atoms with E-state index < -0.39 is 0 Å². The summed E-state index contributed by atoms with van der Waals surface area (Å²) in [6.07, 6.45) is 1.63. The van der Waals surface area contributed by atoms with Gasteiger partial charge < -0.3 is 4.98 Å². The number of benzene rings is 1. The van der Waals surface area contributed by atoms with Gasteiger partial charge in [-0.2, -0.15) is 0 Å². The van der Waals surface area contributed by atoms with Crippen LogP contribution in [0.5, 0.6) is 0 Å². The van der Waals surface area contributed by atoms with Crippen LogP contribution < -0.4 is 5.56 Å². The molecule has 0 aliphatic rings. The summed E-state index contributed by atoms with van der Waals surface area (Å²) < 4.78 is 0. The van der Waals surface area contributed by atoms with Crippen molar-refractivity contribution in [3.05, 3.63) is 63.1 Å². The van der Waals surface area contributed by atoms with Crippen molar-refractivity contribution in [1.82, 2.24) is 9.97 Å². The number of H-pyrrole nitrogens is 1. The van der Waals surface area contributed by atoms with Crippen molar-refractivity contribution in [2.75, 3.05) is 0 Å². The molecule has 0 amide bonds. The maximum atomic E-state index is 12.1. The van der Waals surface area contributed by atoms with Crippen molar-refractivity contribution in [2.45, 2.75) is 0 Å². The van der Waals surface area contributed by atoms with Gasteiger partial charge >= 0.3 is 0 Å². The Morgan fingerprint density at radius 3 is 2.47 bits per heavy atom. The molecule has 0 atom stereocenters. The average Bonchev–Trinajstić information content (AvgIpc) is 2.40. The van der Waals surface area contributed by atoms with E-state index in [0.717, 1.165) is 10.9 Å². The highest BCUT2D eigenvalue weighted by Crippen LogP contribution is 2.25. The van der Waals surface area contributed by atoms with Gasteiger partial charge in [0, 0.05) is 16.6 Å². The first kappa shape index (κ1) is 12.2. The summed E-state index contributed by atoms with van der Waals surface area (Å²) in [5.41, 5.74) is 1.63. The Hall–Kier alpha value is -1.84. The van der Waals surface area contributed by atoms with Gasteiger partial charge in [0.1, 0.15) is 5.15 Å². The molecule has 3 nitrogen and oxygen atoms in total. The van der Waals surface area contributed by atoms with Crippen LogP contribution in [0.25, 0.3) is 22.0 Å². The predicted molar refractivity (Wildman–Crippen MR) is 77.8 cm³/mol. The largest absolute Gasteiger partial charge is 0.328 e. The fourth-order valence-corrected chi connectivity index (χ4v) is 2.24. The predicted octanol–water partition coefficient (Wildman–Crippen LogP) is 3.90. The van der Waals surface area contributed by atoms with Gasteiger partial charge in [-0.15, -0.1) is 0 Å². The summed E-state index contributed by atoms with van der Waals surface area (Å²) in [6.45, 7) is 0. The number of hydrogen-bond donors (Lipinski definition) is 1. The maximum absolute atomic E-state index is 12.1. The van der Waals surface area contributed by atoms with Gasteiger partial charge in [0.2, 0.25) is 0 Å². The molecule has 0 bridgehead atoms. The van der Waals surface area contributed by atoms with Gasteiger partial charge in [0.05, 0.1) is 11.1 Å². The van der Waals surface area contributed by atoms with E-state index in [1.807, 2.05) is 6.07 Å². The average molecular weight is 291 g/mol. The van der Waals surface area contributed by atoms with Crippen LogP contribution in [0.1, 0.15) is 0 Å². The first-order valence-corrected chi connectivity index (χ1v) is 6.34. The second-order valence-corrected chi connectivity index (χ2v) is 4.90. The molecule has 0 aliphatic heterocycles. The monoisotopic (exact) mass is 290 g/mol. The van der Waals surface area contributed by atoms with Gasteiger partial charge in [-0.3, -0.25) is 4.79 Å². The van der Waals surface area contributed by atoms with E-state index in [1.165, 1.54) is 0 Å². The molecular weight excluding hydrogens is 283 g/mol. The number of halogens is 2. The van der Waals surface area contributed by atoms with Crippen LogP contribution >= 0.6 is 23.2 Å². The Balaban J connectivity index is 2.38. The Morgan fingerprint density at radius 1 is 1.00 bits per heavy atom. The lowest BCUT2D eigenvalue weighted by Gasteiger charge is -2.05. The van der Waals surface area contributed by atoms with Crippen LogP contribution in [0.15, 0.2) is 47.4 Å². The summed E-state index contributed by atoms with van der Waals surface area (Å²) >= 11 is 11.8. The van der Waals surface area contributed by atoms with E-state index in [9.17, 15) is 4.79 Å². The van der Waals surface area contributed by atoms with E-state index in [2.05, 4.69) is 9.97 Å². The highest BCUT2D eigenvalue weighted by Gasteiger charge is 2.10. The molecule has 94 valence electrons. The SMILES string of the molecule is O=c1[nH]cc2ccc(Cl)nc2c1-c1ccc(Cl)cc1. The van der Waals surface area contributed by atoms with Gasteiger partial charge in [-0.25, -0.2) is 4.98 Å². The van der Waals surface area contributed by atoms with Crippen LogP contribution in [-0.4, -0.2) is 9.97 Å². The summed E-state index contributed by atoms with van der Waals surface area (Å²) in [5.74, 6) is 0. The van der Waals surface area contributed by atoms with Gasteiger partial charge in [0.15, 0.2) is 0 Å². The fourth-order valence-electron chi connectivity index (χ4n) is 1.97. The first-order valence-electron chi connectivity index (χ1n) is 5.59. The van der Waals surface area contributed by atoms with E-state index in [4.69, 9.17) is 23.2 Å². The summed E-state index contributed by atoms with van der Waals surface area (Å²) in [6, 6.07) is 10.6. The van der Waals surface area contributed by atoms with Crippen LogP contribution in [0.2, 0.25) is 10.2 Å². The smallest absolute Gasteiger partial charge is 0.258 e. The Morgan fingerprint density at radius 2 is 1.74 bits per heavy atom. The van der Waals surface area contributed by atoms with Crippen molar-refractivity contribution in [1.29, 1.82) is 0 Å². The highest BCUT2D eigenvalue weighted by molar-refractivity contribution is 6.30. The normalized spacial score (nSPS) is 10.8. The zero-order chi connectivity index (χ0) is 13.4. The topological polar surface area (TPSA) is 45.8 Å². The van der Waals surface area contributed by atoms with Crippen molar-refractivity contribution in [2.24, 2.45) is 0 Å². The maximum Gasteiger partial charge on any atom is 0.258 e. The van der Waals surface area contributed by atoms with Crippen LogP contribution in [-0.2, 0) is 0 Å². The Bertz CT molecular complexity index is 810. The Labute approximate surface area is 118 Å². The van der Waals surface area contributed by atoms with E-state index in [0.29, 0.717) is 21.3 Å². The van der Waals surface area contributed by atoms with Crippen molar-refractivity contribution < 1.29 is 0 Å². The van der Waals surface area contributed by atoms with Crippen molar-refractivity contribution >= 4 is 34.1 Å². The van der Waals surface area contributed by atoms with Gasteiger partial charge in [-0.05, 0) is 29.8 Å². The highest BCUT2D eigenvalue weighted by atomic mass is 35.5. The molecule has 0 spiro atoms. The third-order valence-corrected chi connectivity index (χ3v) is 3.31. The van der Waals surface area contributed by atoms with Crippen LogP contribution in [0.4, 0.5) is 0 Å². The molecule has 2 heterocycles. The molecule has 1 aromatic carbocycles. The zero-order valence-corrected chi connectivity index (χ0v) is 11.2. The quantitative estimate of drug-likeness (QED) is 0.691. The third kappa shape index (κ3) is 2.23. The summed E-state index contributed by atoms with van der Waals surface area (Å²) in [5, 5.41) is 1.80. The molecule has 0 radical (unpaired) electrons. The molecule has 3 aromatic rings. The van der Waals surface area contributed by atoms with E-state index in [-0.39, 0.29) is 5.56 Å². The van der Waals surface area contributed by atoms with Crippen molar-refractivity contribution in [3.8, 4) is 11.1 Å². The number of nitrogens with zero attached hydrogens (tertiary/aromatic N) is 1. The number of aromatic amines is 1. The first-order chi connectivity index (χ1) is 9.15. The molecule has 0 aliphatic carbocycles. The molecule has 0 unspecified atom stereocenters. The minimum atomic E-state index is -0.204. The lowest BCUT2D eigenvalue weighted by Crippen LogP contribution is -2.09. The number of rotatable bonds is 1. The molecule has 0 saturated heterocycles. The van der Waals surface area contributed by atoms with E-state index >= 15 is 0 Å². The summed E-state index contributed by atoms with van der Waals surface area (Å²) in [7, 11) is 0. The molecule has 5 heteroatoms. The molecule has 0 saturated carbocycles. The van der Waals surface area contributed by atoms with Crippen molar-refractivity contribution in [3.63, 3.8) is 0 Å². The standard InChI is InChI=1S/C14H8Cl2N2O/c15-10-4-1-8(2-5-10)12-13-9(7-17-14(12)19)3-6-11(16)18-13/h1-7H,(H,17,19). The number of fused-ring (bicyclic) bond motifs is 1. The fraction of sp³-hybridized carbons (Fsp3) is 0. The molecular formula is C14H8Cl2N2O.